The zero-order valence-corrected chi connectivity index (χ0v) is 13.8. The minimum absolute atomic E-state index is 0.103. The quantitative estimate of drug-likeness (QED) is 0.729. The lowest BCUT2D eigenvalue weighted by Crippen LogP contribution is -2.21. The number of hydrogen-bond donors (Lipinski definition) is 1. The summed E-state index contributed by atoms with van der Waals surface area (Å²) in [4.78, 5) is 24.6. The van der Waals surface area contributed by atoms with Crippen molar-refractivity contribution in [1.29, 1.82) is 0 Å². The molecule has 0 saturated carbocycles. The van der Waals surface area contributed by atoms with Crippen molar-refractivity contribution >= 4 is 34.2 Å². The second kappa shape index (κ2) is 6.37. The van der Waals surface area contributed by atoms with Crippen LogP contribution in [0.5, 0.6) is 5.75 Å². The molecule has 0 unspecified atom stereocenters. The van der Waals surface area contributed by atoms with Crippen LogP contribution in [0.1, 0.15) is 15.9 Å². The molecule has 1 N–H and O–H groups in total. The Balaban J connectivity index is 2.02. The number of benzene rings is 2. The van der Waals surface area contributed by atoms with Crippen LogP contribution in [0, 0.1) is 6.92 Å². The van der Waals surface area contributed by atoms with Gasteiger partial charge in [-0.1, -0.05) is 29.8 Å². The van der Waals surface area contributed by atoms with Crippen LogP contribution >= 0.6 is 11.6 Å². The van der Waals surface area contributed by atoms with Crippen molar-refractivity contribution < 1.29 is 13.9 Å². The topological polar surface area (TPSA) is 68.5 Å². The zero-order valence-electron chi connectivity index (χ0n) is 13.1. The van der Waals surface area contributed by atoms with E-state index >= 15 is 0 Å². The van der Waals surface area contributed by atoms with Crippen LogP contribution in [-0.4, -0.2) is 13.0 Å². The van der Waals surface area contributed by atoms with Crippen LogP contribution in [0.3, 0.4) is 0 Å². The van der Waals surface area contributed by atoms with Crippen LogP contribution in [0.25, 0.3) is 11.0 Å². The Morgan fingerprint density at radius 2 is 2.00 bits per heavy atom. The van der Waals surface area contributed by atoms with Crippen LogP contribution in [0.2, 0.25) is 5.02 Å². The standard InChI is InChI=1S/C18H14ClNO4/c1-10-6-7-15(23-2)14(8-10)20-17(21)12-9-11-4-3-5-13(19)16(11)24-18(12)22/h3-9H,1-2H3,(H,20,21). The predicted octanol–water partition coefficient (Wildman–Crippen LogP) is 4.02. The average molecular weight is 344 g/mol. The fourth-order valence-electron chi connectivity index (χ4n) is 2.38. The van der Waals surface area contributed by atoms with E-state index in [1.54, 1.807) is 30.3 Å². The maximum atomic E-state index is 12.5. The number of aryl methyl sites for hydroxylation is 1. The maximum Gasteiger partial charge on any atom is 0.349 e. The molecule has 0 saturated heterocycles. The number of rotatable bonds is 3. The lowest BCUT2D eigenvalue weighted by atomic mass is 10.1. The Hall–Kier alpha value is -2.79. The molecule has 1 aromatic heterocycles. The molecule has 0 fully saturated rings. The SMILES string of the molecule is COc1ccc(C)cc1NC(=O)c1cc2cccc(Cl)c2oc1=O. The number of fused-ring (bicyclic) bond motifs is 1. The Kier molecular flexibility index (Phi) is 4.27. The molecular weight excluding hydrogens is 330 g/mol. The molecule has 1 amide bonds. The third-order valence-corrected chi connectivity index (χ3v) is 3.86. The summed E-state index contributed by atoms with van der Waals surface area (Å²) in [7, 11) is 1.51. The minimum atomic E-state index is -0.750. The largest absolute Gasteiger partial charge is 0.495 e. The lowest BCUT2D eigenvalue weighted by molar-refractivity contribution is 0.102. The molecule has 0 bridgehead atoms. The molecule has 3 rings (SSSR count). The van der Waals surface area contributed by atoms with E-state index in [4.69, 9.17) is 20.8 Å². The summed E-state index contributed by atoms with van der Waals surface area (Å²) in [5.74, 6) is -0.0725. The number of amides is 1. The molecule has 0 aliphatic rings. The second-order valence-corrected chi connectivity index (χ2v) is 5.67. The highest BCUT2D eigenvalue weighted by Crippen LogP contribution is 2.26. The van der Waals surface area contributed by atoms with E-state index in [1.807, 2.05) is 13.0 Å². The first-order chi connectivity index (χ1) is 11.5. The van der Waals surface area contributed by atoms with Crippen molar-refractivity contribution in [1.82, 2.24) is 0 Å². The van der Waals surface area contributed by atoms with Gasteiger partial charge in [-0.2, -0.15) is 0 Å². The highest BCUT2D eigenvalue weighted by Gasteiger charge is 2.16. The average Bonchev–Trinajstić information content (AvgIpc) is 2.55. The normalized spacial score (nSPS) is 10.6. The van der Waals surface area contributed by atoms with Crippen molar-refractivity contribution in [3.8, 4) is 5.75 Å². The van der Waals surface area contributed by atoms with Gasteiger partial charge in [0.1, 0.15) is 11.3 Å². The van der Waals surface area contributed by atoms with Gasteiger partial charge in [0.05, 0.1) is 17.8 Å². The smallest absolute Gasteiger partial charge is 0.349 e. The van der Waals surface area contributed by atoms with Gasteiger partial charge in [0.25, 0.3) is 5.91 Å². The third-order valence-electron chi connectivity index (χ3n) is 3.56. The Labute approximate surface area is 142 Å². The van der Waals surface area contributed by atoms with Crippen molar-refractivity contribution in [2.45, 2.75) is 6.92 Å². The predicted molar refractivity (Wildman–Crippen MR) is 93.2 cm³/mol. The molecule has 0 aliphatic heterocycles. The highest BCUT2D eigenvalue weighted by atomic mass is 35.5. The van der Waals surface area contributed by atoms with E-state index in [-0.39, 0.29) is 11.1 Å². The molecule has 0 aliphatic carbocycles. The van der Waals surface area contributed by atoms with Gasteiger partial charge in [0.15, 0.2) is 5.58 Å². The summed E-state index contributed by atoms with van der Waals surface area (Å²) in [5, 5.41) is 3.57. The number of nitrogens with one attached hydrogen (secondary N) is 1. The van der Waals surface area contributed by atoms with Crippen LogP contribution in [-0.2, 0) is 0 Å². The molecule has 0 atom stereocenters. The Morgan fingerprint density at radius 1 is 1.21 bits per heavy atom. The fourth-order valence-corrected chi connectivity index (χ4v) is 2.60. The van der Waals surface area contributed by atoms with Crippen molar-refractivity contribution in [2.24, 2.45) is 0 Å². The van der Waals surface area contributed by atoms with E-state index in [0.717, 1.165) is 5.56 Å². The van der Waals surface area contributed by atoms with Gasteiger partial charge in [-0.3, -0.25) is 4.79 Å². The number of carbonyl (C=O) groups excluding carboxylic acids is 1. The maximum absolute atomic E-state index is 12.5. The van der Waals surface area contributed by atoms with Gasteiger partial charge in [-0.15, -0.1) is 0 Å². The van der Waals surface area contributed by atoms with E-state index < -0.39 is 11.5 Å². The number of ether oxygens (including phenoxy) is 1. The fraction of sp³-hybridized carbons (Fsp3) is 0.111. The van der Waals surface area contributed by atoms with Gasteiger partial charge in [0.2, 0.25) is 0 Å². The molecule has 5 nitrogen and oxygen atoms in total. The summed E-state index contributed by atoms with van der Waals surface area (Å²) in [5.41, 5.74) is 0.832. The third kappa shape index (κ3) is 2.98. The molecule has 24 heavy (non-hydrogen) atoms. The molecule has 0 spiro atoms. The number of halogens is 1. The summed E-state index contributed by atoms with van der Waals surface area (Å²) < 4.78 is 10.4. The lowest BCUT2D eigenvalue weighted by Gasteiger charge is -2.11. The molecule has 6 heteroatoms. The molecule has 2 aromatic carbocycles. The minimum Gasteiger partial charge on any atom is -0.495 e. The first-order valence-electron chi connectivity index (χ1n) is 7.18. The van der Waals surface area contributed by atoms with Crippen molar-refractivity contribution in [2.75, 3.05) is 12.4 Å². The first kappa shape index (κ1) is 16.1. The van der Waals surface area contributed by atoms with Crippen LogP contribution < -0.4 is 15.7 Å². The van der Waals surface area contributed by atoms with E-state index in [2.05, 4.69) is 5.32 Å². The van der Waals surface area contributed by atoms with Gasteiger partial charge in [-0.25, -0.2) is 4.79 Å². The first-order valence-corrected chi connectivity index (χ1v) is 7.56. The summed E-state index contributed by atoms with van der Waals surface area (Å²) in [6.07, 6.45) is 0. The summed E-state index contributed by atoms with van der Waals surface area (Å²) in [6, 6.07) is 11.9. The summed E-state index contributed by atoms with van der Waals surface area (Å²) in [6.45, 7) is 1.89. The molecule has 122 valence electrons. The molecular formula is C18H14ClNO4. The molecule has 1 heterocycles. The number of hydrogen-bond acceptors (Lipinski definition) is 4. The number of para-hydroxylation sites is 1. The monoisotopic (exact) mass is 343 g/mol. The molecule has 3 aromatic rings. The van der Waals surface area contributed by atoms with Gasteiger partial charge in [-0.05, 0) is 36.8 Å². The van der Waals surface area contributed by atoms with Gasteiger partial charge < -0.3 is 14.5 Å². The van der Waals surface area contributed by atoms with Gasteiger partial charge >= 0.3 is 5.63 Å². The van der Waals surface area contributed by atoms with Gasteiger partial charge in [0, 0.05) is 5.39 Å². The Bertz CT molecular complexity index is 994. The van der Waals surface area contributed by atoms with E-state index in [9.17, 15) is 9.59 Å². The highest BCUT2D eigenvalue weighted by molar-refractivity contribution is 6.34. The zero-order chi connectivity index (χ0) is 17.3. The summed E-state index contributed by atoms with van der Waals surface area (Å²) >= 11 is 6.00. The van der Waals surface area contributed by atoms with Crippen molar-refractivity contribution in [3.05, 3.63) is 69.0 Å². The van der Waals surface area contributed by atoms with Crippen LogP contribution in [0.4, 0.5) is 5.69 Å². The van der Waals surface area contributed by atoms with Crippen molar-refractivity contribution in [3.63, 3.8) is 0 Å². The number of methoxy groups -OCH3 is 1. The van der Waals surface area contributed by atoms with E-state index in [1.165, 1.54) is 13.2 Å². The Morgan fingerprint density at radius 3 is 2.75 bits per heavy atom. The number of anilines is 1. The van der Waals surface area contributed by atoms with E-state index in [0.29, 0.717) is 21.8 Å². The molecule has 0 radical (unpaired) electrons. The second-order valence-electron chi connectivity index (χ2n) is 5.26. The van der Waals surface area contributed by atoms with Crippen LogP contribution in [0.15, 0.2) is 51.7 Å². The number of carbonyl (C=O) groups is 1.